The molecule has 4 aliphatic rings. The van der Waals surface area contributed by atoms with Gasteiger partial charge in [0.25, 0.3) is 0 Å². The minimum atomic E-state index is -0.688. The molecule has 0 bridgehead atoms. The van der Waals surface area contributed by atoms with E-state index < -0.39 is 5.41 Å². The summed E-state index contributed by atoms with van der Waals surface area (Å²) in [6.45, 7) is 4.79. The highest BCUT2D eigenvalue weighted by Gasteiger charge is 2.51. The van der Waals surface area contributed by atoms with Gasteiger partial charge in [0.2, 0.25) is 0 Å². The maximum Gasteiger partial charge on any atom is 0.0726 e. The van der Waals surface area contributed by atoms with Gasteiger partial charge in [0.15, 0.2) is 0 Å². The normalized spacial score (nSPS) is 15.3. The van der Waals surface area contributed by atoms with Crippen LogP contribution in [0.25, 0.3) is 86.9 Å². The average Bonchev–Trinajstić information content (AvgIpc) is 4.26. The lowest BCUT2D eigenvalue weighted by atomic mass is 9.65. The van der Waals surface area contributed by atoms with E-state index >= 15 is 0 Å². The third kappa shape index (κ3) is 6.06. The molecular formula is C76H50N2S. The first-order chi connectivity index (χ1) is 39.0. The van der Waals surface area contributed by atoms with Crippen molar-refractivity contribution in [1.82, 2.24) is 0 Å². The fraction of sp³-hybridized carbons (Fsp3) is 0.0526. The van der Waals surface area contributed by atoms with Gasteiger partial charge >= 0.3 is 0 Å². The molecule has 0 amide bonds. The largest absolute Gasteiger partial charge is 0.310 e. The topological polar surface area (TPSA) is 6.48 Å². The van der Waals surface area contributed by atoms with Crippen molar-refractivity contribution >= 4 is 65.6 Å². The highest BCUT2D eigenvalue weighted by Crippen LogP contribution is 2.64. The fourth-order valence-electron chi connectivity index (χ4n) is 14.7. The standard InChI is InChI=1S/C76H50N2S/c1-75(2)63-31-15-10-27-56(63)58-40-37-49(45-67(58)75)77(48-38-42-70-62(44-48)54-25-9-8-24-53(54)59-28-13-18-34-69(59)78(70)47-20-4-3-5-21-47)50-36-39-57-52-23-7-6-22-51(52)55-26-11-16-32-64(55)76(68(57)46-50)65-33-17-12-29-60(65)73-66(76)41-43-72-74(73)61-30-14-19-35-71(61)79-72/h3-46H,1-2H3. The fourth-order valence-corrected chi connectivity index (χ4v) is 15.8. The molecule has 3 heteroatoms. The van der Waals surface area contributed by atoms with Crippen molar-refractivity contribution in [2.45, 2.75) is 24.7 Å². The van der Waals surface area contributed by atoms with Crippen LogP contribution in [0.5, 0.6) is 0 Å². The molecule has 1 aliphatic heterocycles. The Bertz CT molecular complexity index is 4730. The third-order valence-corrected chi connectivity index (χ3v) is 19.2. The SMILES string of the molecule is CC1(C)c2ccccc2-c2ccc(N(c3ccc4c(c3)-c3ccccc3-c3ccccc3N4c3ccccc3)c3ccc4c(c3)C3(c5ccccc5-c5ccccc5-4)c4ccccc4-c4c3ccc3sc5ccccc5c43)cc21. The molecule has 0 fully saturated rings. The summed E-state index contributed by atoms with van der Waals surface area (Å²) in [5.74, 6) is 0. The van der Waals surface area contributed by atoms with Gasteiger partial charge in [-0.3, -0.25) is 0 Å². The maximum absolute atomic E-state index is 2.58. The molecule has 0 radical (unpaired) electrons. The molecule has 17 rings (SSSR count). The predicted octanol–water partition coefficient (Wildman–Crippen LogP) is 21.0. The number of hydrogen-bond donors (Lipinski definition) is 0. The van der Waals surface area contributed by atoms with Crippen LogP contribution in [0, 0.1) is 0 Å². The highest BCUT2D eigenvalue weighted by molar-refractivity contribution is 7.26. The summed E-state index contributed by atoms with van der Waals surface area (Å²) in [6.07, 6.45) is 0. The van der Waals surface area contributed by atoms with Crippen molar-refractivity contribution in [3.8, 4) is 66.8 Å². The first-order valence-corrected chi connectivity index (χ1v) is 28.4. The summed E-state index contributed by atoms with van der Waals surface area (Å²) >= 11 is 1.90. The Morgan fingerprint density at radius 2 is 0.797 bits per heavy atom. The number of thiophene rings is 1. The van der Waals surface area contributed by atoms with Crippen LogP contribution < -0.4 is 9.80 Å². The number of rotatable bonds is 4. The summed E-state index contributed by atoms with van der Waals surface area (Å²) in [4.78, 5) is 5.01. The molecule has 1 aromatic heterocycles. The third-order valence-electron chi connectivity index (χ3n) is 18.0. The molecule has 0 N–H and O–H groups in total. The average molecular weight is 1020 g/mol. The molecule has 0 saturated carbocycles. The van der Waals surface area contributed by atoms with Gasteiger partial charge in [-0.15, -0.1) is 11.3 Å². The Morgan fingerprint density at radius 3 is 1.52 bits per heavy atom. The van der Waals surface area contributed by atoms with E-state index in [9.17, 15) is 0 Å². The van der Waals surface area contributed by atoms with E-state index in [4.69, 9.17) is 0 Å². The molecular weight excluding hydrogens is 973 g/mol. The molecule has 1 atom stereocenters. The maximum atomic E-state index is 2.58. The quantitative estimate of drug-likeness (QED) is 0.173. The number of nitrogens with zero attached hydrogens (tertiary/aromatic N) is 2. The molecule has 2 nitrogen and oxygen atoms in total. The van der Waals surface area contributed by atoms with E-state index in [1.807, 2.05) is 11.3 Å². The summed E-state index contributed by atoms with van der Waals surface area (Å²) in [5, 5.41) is 2.66. The van der Waals surface area contributed by atoms with Gasteiger partial charge in [0.05, 0.1) is 16.8 Å². The number of hydrogen-bond acceptors (Lipinski definition) is 3. The second-order valence-corrected chi connectivity index (χ2v) is 23.3. The molecule has 0 saturated heterocycles. The smallest absolute Gasteiger partial charge is 0.0726 e. The van der Waals surface area contributed by atoms with Crippen molar-refractivity contribution in [2.24, 2.45) is 0 Å². The predicted molar refractivity (Wildman–Crippen MR) is 332 cm³/mol. The van der Waals surface area contributed by atoms with E-state index in [0.29, 0.717) is 0 Å². The highest BCUT2D eigenvalue weighted by atomic mass is 32.1. The van der Waals surface area contributed by atoms with Crippen LogP contribution in [-0.2, 0) is 10.8 Å². The van der Waals surface area contributed by atoms with Crippen LogP contribution in [0.4, 0.5) is 34.1 Å². The van der Waals surface area contributed by atoms with E-state index in [1.165, 1.54) is 120 Å². The Labute approximate surface area is 464 Å². The van der Waals surface area contributed by atoms with Crippen molar-refractivity contribution in [2.75, 3.05) is 9.80 Å². The van der Waals surface area contributed by atoms with Crippen LogP contribution in [0.1, 0.15) is 47.2 Å². The van der Waals surface area contributed by atoms with Crippen LogP contribution in [-0.4, -0.2) is 0 Å². The van der Waals surface area contributed by atoms with Gasteiger partial charge in [-0.05, 0) is 162 Å². The molecule has 3 aliphatic carbocycles. The Balaban J connectivity index is 0.980. The summed E-state index contributed by atoms with van der Waals surface area (Å²) in [6, 6.07) is 101. The Hall–Kier alpha value is -9.54. The van der Waals surface area contributed by atoms with Gasteiger partial charge in [0, 0.05) is 59.5 Å². The van der Waals surface area contributed by atoms with Crippen LogP contribution >= 0.6 is 11.3 Å². The minimum Gasteiger partial charge on any atom is -0.310 e. The summed E-state index contributed by atoms with van der Waals surface area (Å²) < 4.78 is 2.63. The monoisotopic (exact) mass is 1020 g/mol. The molecule has 13 aromatic rings. The zero-order valence-electron chi connectivity index (χ0n) is 43.7. The zero-order valence-corrected chi connectivity index (χ0v) is 44.5. The van der Waals surface area contributed by atoms with Gasteiger partial charge in [-0.1, -0.05) is 208 Å². The van der Waals surface area contributed by atoms with E-state index in [-0.39, 0.29) is 5.41 Å². The number of benzene rings is 12. The van der Waals surface area contributed by atoms with E-state index in [2.05, 4.69) is 291 Å². The Kier molecular flexibility index (Phi) is 9.30. The number of anilines is 6. The van der Waals surface area contributed by atoms with Gasteiger partial charge in [0.1, 0.15) is 0 Å². The van der Waals surface area contributed by atoms with Crippen LogP contribution in [0.15, 0.2) is 267 Å². The first kappa shape index (κ1) is 44.6. The molecule has 370 valence electrons. The lowest BCUT2D eigenvalue weighted by molar-refractivity contribution is 0.660. The molecule has 2 heterocycles. The van der Waals surface area contributed by atoms with E-state index in [1.54, 1.807) is 0 Å². The van der Waals surface area contributed by atoms with Crippen molar-refractivity contribution < 1.29 is 0 Å². The van der Waals surface area contributed by atoms with E-state index in [0.717, 1.165) is 34.1 Å². The lowest BCUT2D eigenvalue weighted by Gasteiger charge is -2.37. The molecule has 12 aromatic carbocycles. The van der Waals surface area contributed by atoms with Crippen LogP contribution in [0.3, 0.4) is 0 Å². The lowest BCUT2D eigenvalue weighted by Crippen LogP contribution is -2.29. The first-order valence-electron chi connectivity index (χ1n) is 27.6. The number of fused-ring (bicyclic) bond motifs is 24. The second kappa shape index (κ2) is 16.5. The molecule has 1 unspecified atom stereocenters. The van der Waals surface area contributed by atoms with Crippen LogP contribution in [0.2, 0.25) is 0 Å². The molecule has 1 spiro atoms. The summed E-state index contributed by atoms with van der Waals surface area (Å²) in [5.41, 5.74) is 28.8. The summed E-state index contributed by atoms with van der Waals surface area (Å²) in [7, 11) is 0. The zero-order chi connectivity index (χ0) is 52.1. The van der Waals surface area contributed by atoms with Gasteiger partial charge in [-0.2, -0.15) is 0 Å². The number of para-hydroxylation sites is 2. The van der Waals surface area contributed by atoms with Crippen molar-refractivity contribution in [3.63, 3.8) is 0 Å². The van der Waals surface area contributed by atoms with Gasteiger partial charge < -0.3 is 9.80 Å². The minimum absolute atomic E-state index is 0.206. The second-order valence-electron chi connectivity index (χ2n) is 22.2. The van der Waals surface area contributed by atoms with Crippen molar-refractivity contribution in [1.29, 1.82) is 0 Å². The van der Waals surface area contributed by atoms with Gasteiger partial charge in [-0.25, -0.2) is 0 Å². The molecule has 79 heavy (non-hydrogen) atoms. The van der Waals surface area contributed by atoms with Crippen molar-refractivity contribution in [3.05, 3.63) is 300 Å². The Morgan fingerprint density at radius 1 is 0.316 bits per heavy atom.